The number of halogens is 1. The van der Waals surface area contributed by atoms with Crippen LogP contribution in [0.3, 0.4) is 0 Å². The third kappa shape index (κ3) is 4.92. The van der Waals surface area contributed by atoms with Crippen LogP contribution in [0.4, 0.5) is 20.7 Å². The van der Waals surface area contributed by atoms with Crippen molar-refractivity contribution in [1.29, 1.82) is 0 Å². The van der Waals surface area contributed by atoms with E-state index in [0.717, 1.165) is 0 Å². The van der Waals surface area contributed by atoms with Gasteiger partial charge in [0.25, 0.3) is 5.91 Å². The van der Waals surface area contributed by atoms with Crippen LogP contribution in [0.25, 0.3) is 5.65 Å². The van der Waals surface area contributed by atoms with Crippen LogP contribution in [0, 0.1) is 12.7 Å². The Bertz CT molecular complexity index is 1350. The molecule has 0 spiro atoms. The van der Waals surface area contributed by atoms with Gasteiger partial charge in [0.1, 0.15) is 28.7 Å². The predicted molar refractivity (Wildman–Crippen MR) is 120 cm³/mol. The van der Waals surface area contributed by atoms with Gasteiger partial charge in [-0.05, 0) is 44.2 Å². The van der Waals surface area contributed by atoms with Crippen molar-refractivity contribution in [2.45, 2.75) is 13.8 Å². The molecule has 1 aromatic carbocycles. The first-order chi connectivity index (χ1) is 15.8. The van der Waals surface area contributed by atoms with E-state index >= 15 is 0 Å². The highest BCUT2D eigenvalue weighted by Crippen LogP contribution is 2.27. The number of hydrogen-bond donors (Lipinski definition) is 3. The van der Waals surface area contributed by atoms with Gasteiger partial charge >= 0.3 is 6.03 Å². The van der Waals surface area contributed by atoms with Crippen LogP contribution < -0.4 is 20.7 Å². The van der Waals surface area contributed by atoms with Crippen molar-refractivity contribution in [1.82, 2.24) is 24.5 Å². The Morgan fingerprint density at radius 2 is 1.88 bits per heavy atom. The van der Waals surface area contributed by atoms with Gasteiger partial charge in [0.2, 0.25) is 0 Å². The summed E-state index contributed by atoms with van der Waals surface area (Å²) in [5.74, 6) is 0.0840. The van der Waals surface area contributed by atoms with Gasteiger partial charge in [-0.25, -0.2) is 14.2 Å². The highest BCUT2D eigenvalue weighted by atomic mass is 19.1. The molecule has 0 aliphatic rings. The molecule has 0 fully saturated rings. The lowest BCUT2D eigenvalue weighted by atomic mass is 10.2. The Morgan fingerprint density at radius 1 is 1.09 bits per heavy atom. The van der Waals surface area contributed by atoms with Gasteiger partial charge in [-0.3, -0.25) is 14.8 Å². The minimum atomic E-state index is -0.597. The standard InChI is InChI=1S/C22H22FN7O3/c1-4-24-22(32)27-19-12-30-11-15(6-8-20(30)26-19)33-14-5-7-16(23)17(10-14)25-21(31)18-9-13(2)28-29(18)3/h5-12H,4H2,1-3H3,(H,25,31)(H2,24,27,32). The molecule has 0 saturated heterocycles. The van der Waals surface area contributed by atoms with Crippen molar-refractivity contribution in [3.05, 3.63) is 66.0 Å². The molecule has 33 heavy (non-hydrogen) atoms. The fourth-order valence-electron chi connectivity index (χ4n) is 3.22. The minimum absolute atomic E-state index is 0.0199. The maximum absolute atomic E-state index is 14.3. The van der Waals surface area contributed by atoms with Crippen LogP contribution in [-0.2, 0) is 7.05 Å². The van der Waals surface area contributed by atoms with E-state index in [-0.39, 0.29) is 11.7 Å². The second kappa shape index (κ2) is 8.99. The molecule has 3 amide bonds. The van der Waals surface area contributed by atoms with Gasteiger partial charge in [0, 0.05) is 19.7 Å². The summed E-state index contributed by atoms with van der Waals surface area (Å²) in [7, 11) is 1.64. The summed E-state index contributed by atoms with van der Waals surface area (Å²) in [4.78, 5) is 28.5. The Balaban J connectivity index is 1.51. The number of ether oxygens (including phenoxy) is 1. The molecule has 3 heterocycles. The fourth-order valence-corrected chi connectivity index (χ4v) is 3.22. The van der Waals surface area contributed by atoms with Crippen molar-refractivity contribution in [3.8, 4) is 11.5 Å². The first-order valence-corrected chi connectivity index (χ1v) is 10.2. The molecule has 3 aromatic heterocycles. The summed E-state index contributed by atoms with van der Waals surface area (Å²) >= 11 is 0. The average Bonchev–Trinajstić information content (AvgIpc) is 3.31. The lowest BCUT2D eigenvalue weighted by molar-refractivity contribution is 0.101. The van der Waals surface area contributed by atoms with Crippen LogP contribution in [0.2, 0.25) is 0 Å². The number of nitrogens with zero attached hydrogens (tertiary/aromatic N) is 4. The molecule has 0 aliphatic carbocycles. The van der Waals surface area contributed by atoms with E-state index in [1.807, 2.05) is 6.92 Å². The van der Waals surface area contributed by atoms with Crippen LogP contribution >= 0.6 is 0 Å². The molecule has 170 valence electrons. The van der Waals surface area contributed by atoms with Crippen LogP contribution in [0.1, 0.15) is 23.1 Å². The third-order valence-electron chi connectivity index (χ3n) is 4.66. The third-order valence-corrected chi connectivity index (χ3v) is 4.66. The minimum Gasteiger partial charge on any atom is -0.456 e. The lowest BCUT2D eigenvalue weighted by Gasteiger charge is -2.10. The number of nitrogens with one attached hydrogen (secondary N) is 3. The van der Waals surface area contributed by atoms with Crippen LogP contribution in [0.15, 0.2) is 48.8 Å². The second-order valence-electron chi connectivity index (χ2n) is 7.23. The molecule has 0 atom stereocenters. The van der Waals surface area contributed by atoms with Gasteiger partial charge in [-0.1, -0.05) is 0 Å². The quantitative estimate of drug-likeness (QED) is 0.414. The van der Waals surface area contributed by atoms with E-state index in [1.165, 1.54) is 22.9 Å². The SMILES string of the molecule is CCNC(=O)Nc1cn2cc(Oc3ccc(F)c(NC(=O)c4cc(C)nn4C)c3)ccc2n1. The summed E-state index contributed by atoms with van der Waals surface area (Å²) in [6.45, 7) is 4.08. The first kappa shape index (κ1) is 21.8. The van der Waals surface area contributed by atoms with Crippen LogP contribution in [0.5, 0.6) is 11.5 Å². The number of rotatable bonds is 6. The van der Waals surface area contributed by atoms with Crippen molar-refractivity contribution in [2.75, 3.05) is 17.2 Å². The number of anilines is 2. The molecule has 0 unspecified atom stereocenters. The van der Waals surface area contributed by atoms with E-state index in [1.54, 1.807) is 49.0 Å². The number of benzene rings is 1. The zero-order valence-corrected chi connectivity index (χ0v) is 18.2. The Kier molecular flexibility index (Phi) is 5.94. The molecule has 11 heteroatoms. The molecule has 4 rings (SSSR count). The molecule has 0 bridgehead atoms. The van der Waals surface area contributed by atoms with Crippen molar-refractivity contribution in [3.63, 3.8) is 0 Å². The zero-order chi connectivity index (χ0) is 23.5. The van der Waals surface area contributed by atoms with Gasteiger partial charge < -0.3 is 19.8 Å². The monoisotopic (exact) mass is 451 g/mol. The van der Waals surface area contributed by atoms with Crippen molar-refractivity contribution in [2.24, 2.45) is 7.05 Å². The van der Waals surface area contributed by atoms with E-state index < -0.39 is 11.7 Å². The molecule has 10 nitrogen and oxygen atoms in total. The van der Waals surface area contributed by atoms with Gasteiger partial charge in [0.05, 0.1) is 23.8 Å². The highest BCUT2D eigenvalue weighted by molar-refractivity contribution is 6.03. The first-order valence-electron chi connectivity index (χ1n) is 10.2. The number of aryl methyl sites for hydroxylation is 2. The Morgan fingerprint density at radius 3 is 2.61 bits per heavy atom. The summed E-state index contributed by atoms with van der Waals surface area (Å²) in [6.07, 6.45) is 3.31. The molecule has 0 aliphatic heterocycles. The van der Waals surface area contributed by atoms with Gasteiger partial charge in [-0.15, -0.1) is 0 Å². The molecule has 0 saturated carbocycles. The molecule has 4 aromatic rings. The number of carbonyl (C=O) groups is 2. The molecular weight excluding hydrogens is 429 g/mol. The number of imidazole rings is 1. The highest BCUT2D eigenvalue weighted by Gasteiger charge is 2.15. The normalized spacial score (nSPS) is 10.8. The van der Waals surface area contributed by atoms with Gasteiger partial charge in [-0.2, -0.15) is 5.10 Å². The topological polar surface area (TPSA) is 115 Å². The zero-order valence-electron chi connectivity index (χ0n) is 18.2. The number of pyridine rings is 1. The number of carbonyl (C=O) groups excluding carboxylic acids is 2. The van der Waals surface area contributed by atoms with E-state index in [0.29, 0.717) is 40.9 Å². The number of hydrogen-bond acceptors (Lipinski definition) is 5. The van der Waals surface area contributed by atoms with Crippen LogP contribution in [-0.4, -0.2) is 37.6 Å². The summed E-state index contributed by atoms with van der Waals surface area (Å²) < 4.78 is 23.3. The molecular formula is C22H22FN7O3. The lowest BCUT2D eigenvalue weighted by Crippen LogP contribution is -2.28. The largest absolute Gasteiger partial charge is 0.456 e. The smallest absolute Gasteiger partial charge is 0.320 e. The number of urea groups is 1. The number of amides is 3. The van der Waals surface area contributed by atoms with Crippen molar-refractivity contribution < 1.29 is 18.7 Å². The average molecular weight is 451 g/mol. The van der Waals surface area contributed by atoms with E-state index in [9.17, 15) is 14.0 Å². The molecule has 3 N–H and O–H groups in total. The maximum Gasteiger partial charge on any atom is 0.320 e. The van der Waals surface area contributed by atoms with Crippen molar-refractivity contribution >= 4 is 29.1 Å². The summed E-state index contributed by atoms with van der Waals surface area (Å²) in [5.41, 5.74) is 1.57. The predicted octanol–water partition coefficient (Wildman–Crippen LogP) is 3.70. The summed E-state index contributed by atoms with van der Waals surface area (Å²) in [6, 6.07) is 8.75. The number of fused-ring (bicyclic) bond motifs is 1. The molecule has 0 radical (unpaired) electrons. The Hall–Kier alpha value is -4.41. The Labute approximate surface area is 188 Å². The van der Waals surface area contributed by atoms with Gasteiger partial charge in [0.15, 0.2) is 5.82 Å². The second-order valence-corrected chi connectivity index (χ2v) is 7.23. The number of aromatic nitrogens is 4. The fraction of sp³-hybridized carbons (Fsp3) is 0.182. The summed E-state index contributed by atoms with van der Waals surface area (Å²) in [5, 5.41) is 11.9. The maximum atomic E-state index is 14.3. The van der Waals surface area contributed by atoms with E-state index in [2.05, 4.69) is 26.0 Å². The van der Waals surface area contributed by atoms with E-state index in [4.69, 9.17) is 4.74 Å².